The molecule has 2 rings (SSSR count). The summed E-state index contributed by atoms with van der Waals surface area (Å²) in [5, 5.41) is 13.6. The van der Waals surface area contributed by atoms with E-state index in [9.17, 15) is 9.90 Å². The molecule has 0 bridgehead atoms. The van der Waals surface area contributed by atoms with Gasteiger partial charge in [-0.3, -0.25) is 9.69 Å². The van der Waals surface area contributed by atoms with Crippen LogP contribution in [0.5, 0.6) is 0 Å². The SMILES string of the molecule is CC(=O)NCCCN(Cc1ccccc1)CC1(O)CCOCC1. The standard InChI is InChI=1S/C18H28N2O3/c1-16(21)19-10-5-11-20(14-17-6-3-2-4-7-17)15-18(22)8-12-23-13-9-18/h2-4,6-7,22H,5,8-15H2,1H3,(H,19,21). The van der Waals surface area contributed by atoms with Gasteiger partial charge in [-0.05, 0) is 12.0 Å². The molecule has 0 saturated carbocycles. The number of benzene rings is 1. The monoisotopic (exact) mass is 320 g/mol. The van der Waals surface area contributed by atoms with E-state index >= 15 is 0 Å². The van der Waals surface area contributed by atoms with Gasteiger partial charge in [0.2, 0.25) is 5.91 Å². The van der Waals surface area contributed by atoms with Crippen molar-refractivity contribution in [3.63, 3.8) is 0 Å². The van der Waals surface area contributed by atoms with Crippen molar-refractivity contribution in [1.82, 2.24) is 10.2 Å². The second-order valence-electron chi connectivity index (χ2n) is 6.37. The normalized spacial score (nSPS) is 17.2. The lowest BCUT2D eigenvalue weighted by atomic mass is 9.93. The minimum Gasteiger partial charge on any atom is -0.388 e. The quantitative estimate of drug-likeness (QED) is 0.714. The molecule has 0 aliphatic carbocycles. The molecule has 0 unspecified atom stereocenters. The van der Waals surface area contributed by atoms with Crippen LogP contribution in [0.3, 0.4) is 0 Å². The molecule has 0 aromatic heterocycles. The fourth-order valence-corrected chi connectivity index (χ4v) is 2.95. The molecule has 1 amide bonds. The summed E-state index contributed by atoms with van der Waals surface area (Å²) < 4.78 is 5.36. The molecule has 1 aromatic carbocycles. The largest absolute Gasteiger partial charge is 0.388 e. The first kappa shape index (κ1) is 17.9. The highest BCUT2D eigenvalue weighted by Crippen LogP contribution is 2.22. The molecule has 23 heavy (non-hydrogen) atoms. The van der Waals surface area contributed by atoms with Gasteiger partial charge in [-0.2, -0.15) is 0 Å². The van der Waals surface area contributed by atoms with Gasteiger partial charge < -0.3 is 15.2 Å². The number of rotatable bonds is 8. The first-order valence-electron chi connectivity index (χ1n) is 8.38. The maximum atomic E-state index is 11.0. The second-order valence-corrected chi connectivity index (χ2v) is 6.37. The van der Waals surface area contributed by atoms with Crippen molar-refractivity contribution in [3.05, 3.63) is 35.9 Å². The topological polar surface area (TPSA) is 61.8 Å². The van der Waals surface area contributed by atoms with Gasteiger partial charge in [-0.1, -0.05) is 30.3 Å². The Labute approximate surface area is 138 Å². The molecule has 1 aliphatic rings. The maximum Gasteiger partial charge on any atom is 0.216 e. The van der Waals surface area contributed by atoms with Crippen molar-refractivity contribution in [2.75, 3.05) is 32.8 Å². The number of hydrogen-bond acceptors (Lipinski definition) is 4. The number of ether oxygens (including phenoxy) is 1. The number of carbonyl (C=O) groups excluding carboxylic acids is 1. The van der Waals surface area contributed by atoms with Gasteiger partial charge in [0.15, 0.2) is 0 Å². The van der Waals surface area contributed by atoms with Crippen LogP contribution in [0.2, 0.25) is 0 Å². The average molecular weight is 320 g/mol. The highest BCUT2D eigenvalue weighted by atomic mass is 16.5. The molecule has 1 saturated heterocycles. The Morgan fingerprint density at radius 3 is 2.65 bits per heavy atom. The van der Waals surface area contributed by atoms with E-state index in [4.69, 9.17) is 4.74 Å². The van der Waals surface area contributed by atoms with Gasteiger partial charge in [0.1, 0.15) is 0 Å². The minimum atomic E-state index is -0.666. The van der Waals surface area contributed by atoms with Crippen molar-refractivity contribution >= 4 is 5.91 Å². The summed E-state index contributed by atoms with van der Waals surface area (Å²) in [6, 6.07) is 10.3. The van der Waals surface area contributed by atoms with E-state index in [1.165, 1.54) is 12.5 Å². The summed E-state index contributed by atoms with van der Waals surface area (Å²) in [5.41, 5.74) is 0.573. The first-order chi connectivity index (χ1) is 11.1. The van der Waals surface area contributed by atoms with E-state index in [1.54, 1.807) is 0 Å². The van der Waals surface area contributed by atoms with E-state index in [0.29, 0.717) is 39.1 Å². The summed E-state index contributed by atoms with van der Waals surface area (Å²) in [7, 11) is 0. The van der Waals surface area contributed by atoms with Crippen molar-refractivity contribution in [2.45, 2.75) is 38.3 Å². The number of nitrogens with one attached hydrogen (secondary N) is 1. The summed E-state index contributed by atoms with van der Waals surface area (Å²) in [6.07, 6.45) is 2.24. The zero-order valence-corrected chi connectivity index (χ0v) is 14.0. The zero-order valence-electron chi connectivity index (χ0n) is 14.0. The van der Waals surface area contributed by atoms with Crippen LogP contribution in [0.4, 0.5) is 0 Å². The van der Waals surface area contributed by atoms with Crippen LogP contribution in [0.1, 0.15) is 31.7 Å². The molecule has 0 atom stereocenters. The summed E-state index contributed by atoms with van der Waals surface area (Å²) in [6.45, 7) is 5.76. The van der Waals surface area contributed by atoms with Gasteiger partial charge in [0.25, 0.3) is 0 Å². The Morgan fingerprint density at radius 2 is 2.00 bits per heavy atom. The highest BCUT2D eigenvalue weighted by Gasteiger charge is 2.31. The Hall–Kier alpha value is -1.43. The molecular formula is C18H28N2O3. The third-order valence-electron chi connectivity index (χ3n) is 4.22. The van der Waals surface area contributed by atoms with Gasteiger partial charge in [-0.15, -0.1) is 0 Å². The lowest BCUT2D eigenvalue weighted by Crippen LogP contribution is -2.47. The predicted octanol–water partition coefficient (Wildman–Crippen LogP) is 1.56. The Morgan fingerprint density at radius 1 is 1.30 bits per heavy atom. The molecular weight excluding hydrogens is 292 g/mol. The lowest BCUT2D eigenvalue weighted by Gasteiger charge is -2.37. The van der Waals surface area contributed by atoms with Crippen molar-refractivity contribution in [3.8, 4) is 0 Å². The van der Waals surface area contributed by atoms with E-state index in [0.717, 1.165) is 19.5 Å². The Balaban J connectivity index is 1.91. The lowest BCUT2D eigenvalue weighted by molar-refractivity contribution is -0.119. The van der Waals surface area contributed by atoms with Crippen molar-refractivity contribution in [1.29, 1.82) is 0 Å². The zero-order chi connectivity index (χ0) is 16.5. The summed E-state index contributed by atoms with van der Waals surface area (Å²) >= 11 is 0. The summed E-state index contributed by atoms with van der Waals surface area (Å²) in [5.74, 6) is 0.00247. The Kier molecular flexibility index (Phi) is 7.02. The van der Waals surface area contributed by atoms with Crippen LogP contribution in [0.25, 0.3) is 0 Å². The first-order valence-corrected chi connectivity index (χ1v) is 8.38. The van der Waals surface area contributed by atoms with Crippen LogP contribution in [0, 0.1) is 0 Å². The van der Waals surface area contributed by atoms with E-state index in [2.05, 4.69) is 22.3 Å². The van der Waals surface area contributed by atoms with Gasteiger partial charge >= 0.3 is 0 Å². The van der Waals surface area contributed by atoms with Crippen molar-refractivity contribution < 1.29 is 14.6 Å². The predicted molar refractivity (Wildman–Crippen MR) is 90.0 cm³/mol. The molecule has 5 nitrogen and oxygen atoms in total. The molecule has 1 aliphatic heterocycles. The molecule has 1 fully saturated rings. The van der Waals surface area contributed by atoms with E-state index < -0.39 is 5.60 Å². The van der Waals surface area contributed by atoms with Crippen molar-refractivity contribution in [2.24, 2.45) is 0 Å². The molecule has 0 radical (unpaired) electrons. The number of carbonyl (C=O) groups is 1. The molecule has 128 valence electrons. The molecule has 1 aromatic rings. The number of aliphatic hydroxyl groups is 1. The number of nitrogens with zero attached hydrogens (tertiary/aromatic N) is 1. The van der Waals surface area contributed by atoms with Gasteiger partial charge in [0, 0.05) is 59.2 Å². The average Bonchev–Trinajstić information content (AvgIpc) is 2.52. The molecule has 0 spiro atoms. The summed E-state index contributed by atoms with van der Waals surface area (Å²) in [4.78, 5) is 13.2. The van der Waals surface area contributed by atoms with E-state index in [-0.39, 0.29) is 5.91 Å². The van der Waals surface area contributed by atoms with Crippen LogP contribution in [-0.4, -0.2) is 54.4 Å². The Bertz CT molecular complexity index is 472. The van der Waals surface area contributed by atoms with Gasteiger partial charge in [0.05, 0.1) is 5.60 Å². The third kappa shape index (κ3) is 6.69. The second kappa shape index (κ2) is 9.01. The maximum absolute atomic E-state index is 11.0. The van der Waals surface area contributed by atoms with Crippen LogP contribution >= 0.6 is 0 Å². The molecule has 1 heterocycles. The fourth-order valence-electron chi connectivity index (χ4n) is 2.95. The molecule has 5 heteroatoms. The molecule has 2 N–H and O–H groups in total. The number of hydrogen-bond donors (Lipinski definition) is 2. The third-order valence-corrected chi connectivity index (χ3v) is 4.22. The highest BCUT2D eigenvalue weighted by molar-refractivity contribution is 5.72. The smallest absolute Gasteiger partial charge is 0.216 e. The minimum absolute atomic E-state index is 0.00247. The van der Waals surface area contributed by atoms with E-state index in [1.807, 2.05) is 18.2 Å². The van der Waals surface area contributed by atoms with Crippen LogP contribution in [0.15, 0.2) is 30.3 Å². The van der Waals surface area contributed by atoms with Crippen LogP contribution < -0.4 is 5.32 Å². The number of amides is 1. The fraction of sp³-hybridized carbons (Fsp3) is 0.611. The van der Waals surface area contributed by atoms with Crippen LogP contribution in [-0.2, 0) is 16.1 Å². The van der Waals surface area contributed by atoms with Gasteiger partial charge in [-0.25, -0.2) is 0 Å².